The van der Waals surface area contributed by atoms with Crippen LogP contribution in [0.4, 0.5) is 4.39 Å². The predicted molar refractivity (Wildman–Crippen MR) is 85.0 cm³/mol. The van der Waals surface area contributed by atoms with Crippen LogP contribution in [0.5, 0.6) is 0 Å². The Morgan fingerprint density at radius 3 is 2.52 bits per heavy atom. The minimum Gasteiger partial charge on any atom is -0.328 e. The number of carbonyl (C=O) groups excluding carboxylic acids is 1. The Labute approximate surface area is 135 Å². The van der Waals surface area contributed by atoms with Crippen molar-refractivity contribution in [2.24, 2.45) is 0 Å². The van der Waals surface area contributed by atoms with Gasteiger partial charge in [-0.15, -0.1) is 5.10 Å². The lowest BCUT2D eigenvalue weighted by molar-refractivity contribution is 0.0565. The molecular weight excluding hydrogens is 295 g/mol. The van der Waals surface area contributed by atoms with Crippen LogP contribution in [0.25, 0.3) is 5.69 Å². The fourth-order valence-electron chi connectivity index (χ4n) is 3.30. The number of amides is 1. The van der Waals surface area contributed by atoms with Gasteiger partial charge >= 0.3 is 0 Å². The Morgan fingerprint density at radius 1 is 1.30 bits per heavy atom. The number of nitrogens with zero attached hydrogens (tertiary/aromatic N) is 4. The molecule has 2 aromatic rings. The van der Waals surface area contributed by atoms with Crippen molar-refractivity contribution >= 4 is 5.91 Å². The number of aryl methyl sites for hydroxylation is 1. The van der Waals surface area contributed by atoms with E-state index >= 15 is 0 Å². The molecule has 0 radical (unpaired) electrons. The Kier molecular flexibility index (Phi) is 3.70. The van der Waals surface area contributed by atoms with E-state index in [1.807, 2.05) is 4.90 Å². The molecule has 1 amide bonds. The number of hydrogen-bond donors (Lipinski definition) is 0. The van der Waals surface area contributed by atoms with Gasteiger partial charge in [-0.1, -0.05) is 0 Å². The lowest BCUT2D eigenvalue weighted by Crippen LogP contribution is -2.46. The second-order valence-corrected chi connectivity index (χ2v) is 6.75. The van der Waals surface area contributed by atoms with Crippen LogP contribution in [-0.4, -0.2) is 37.2 Å². The average Bonchev–Trinajstić information content (AvgIpc) is 3.00. The van der Waals surface area contributed by atoms with Gasteiger partial charge in [-0.25, -0.2) is 14.1 Å². The van der Waals surface area contributed by atoms with Crippen molar-refractivity contribution in [1.29, 1.82) is 0 Å². The highest BCUT2D eigenvalue weighted by atomic mass is 19.1. The largest absolute Gasteiger partial charge is 0.328 e. The smallest absolute Gasteiger partial charge is 0.294 e. The topological polar surface area (TPSA) is 51.0 Å². The number of carbonyl (C=O) groups is 1. The first kappa shape index (κ1) is 15.6. The number of hydrogen-bond acceptors (Lipinski definition) is 3. The zero-order chi connectivity index (χ0) is 16.8. The SMILES string of the molecule is Cc1nc(C(=O)N2C(C)CCC2(C)C)nn1-c1ccc(F)cc1. The third-order valence-corrected chi connectivity index (χ3v) is 4.52. The molecule has 1 aromatic carbocycles. The van der Waals surface area contributed by atoms with Crippen molar-refractivity contribution in [1.82, 2.24) is 19.7 Å². The van der Waals surface area contributed by atoms with Crippen LogP contribution in [0.15, 0.2) is 24.3 Å². The quantitative estimate of drug-likeness (QED) is 0.855. The van der Waals surface area contributed by atoms with E-state index in [-0.39, 0.29) is 29.1 Å². The summed E-state index contributed by atoms with van der Waals surface area (Å²) in [5.41, 5.74) is 0.496. The van der Waals surface area contributed by atoms with Gasteiger partial charge in [-0.3, -0.25) is 4.79 Å². The molecule has 5 nitrogen and oxygen atoms in total. The number of rotatable bonds is 2. The maximum Gasteiger partial charge on any atom is 0.294 e. The lowest BCUT2D eigenvalue weighted by atomic mass is 10.0. The third-order valence-electron chi connectivity index (χ3n) is 4.52. The molecule has 3 rings (SSSR count). The van der Waals surface area contributed by atoms with Crippen molar-refractivity contribution in [2.75, 3.05) is 0 Å². The van der Waals surface area contributed by atoms with E-state index < -0.39 is 0 Å². The van der Waals surface area contributed by atoms with Crippen LogP contribution < -0.4 is 0 Å². The van der Waals surface area contributed by atoms with Crippen molar-refractivity contribution in [3.8, 4) is 5.69 Å². The first-order chi connectivity index (χ1) is 10.8. The molecule has 1 aliphatic heterocycles. The Balaban J connectivity index is 1.94. The zero-order valence-corrected chi connectivity index (χ0v) is 13.9. The van der Waals surface area contributed by atoms with E-state index in [9.17, 15) is 9.18 Å². The maximum atomic E-state index is 13.1. The fraction of sp³-hybridized carbons (Fsp3) is 0.471. The molecule has 1 saturated heterocycles. The van der Waals surface area contributed by atoms with Crippen LogP contribution in [-0.2, 0) is 0 Å². The van der Waals surface area contributed by atoms with Gasteiger partial charge in [0.2, 0.25) is 5.82 Å². The second-order valence-electron chi connectivity index (χ2n) is 6.75. The van der Waals surface area contributed by atoms with E-state index in [1.165, 1.54) is 12.1 Å². The van der Waals surface area contributed by atoms with Crippen LogP contribution in [0, 0.1) is 12.7 Å². The van der Waals surface area contributed by atoms with E-state index in [1.54, 1.807) is 23.7 Å². The Bertz CT molecular complexity index is 736. The summed E-state index contributed by atoms with van der Waals surface area (Å²) < 4.78 is 14.6. The highest BCUT2D eigenvalue weighted by Gasteiger charge is 2.41. The van der Waals surface area contributed by atoms with Gasteiger partial charge in [0.1, 0.15) is 11.6 Å². The first-order valence-corrected chi connectivity index (χ1v) is 7.83. The average molecular weight is 316 g/mol. The molecule has 2 heterocycles. The van der Waals surface area contributed by atoms with Gasteiger partial charge < -0.3 is 4.90 Å². The summed E-state index contributed by atoms with van der Waals surface area (Å²) >= 11 is 0. The molecule has 1 aliphatic rings. The summed E-state index contributed by atoms with van der Waals surface area (Å²) in [5, 5.41) is 4.35. The summed E-state index contributed by atoms with van der Waals surface area (Å²) in [7, 11) is 0. The first-order valence-electron chi connectivity index (χ1n) is 7.83. The zero-order valence-electron chi connectivity index (χ0n) is 13.9. The molecule has 23 heavy (non-hydrogen) atoms. The molecule has 6 heteroatoms. The number of halogens is 1. The Morgan fingerprint density at radius 2 is 1.96 bits per heavy atom. The van der Waals surface area contributed by atoms with Crippen LogP contribution >= 0.6 is 0 Å². The summed E-state index contributed by atoms with van der Waals surface area (Å²) in [6.45, 7) is 7.97. The molecule has 0 aliphatic carbocycles. The number of likely N-dealkylation sites (tertiary alicyclic amines) is 1. The number of benzene rings is 1. The minimum absolute atomic E-state index is 0.149. The maximum absolute atomic E-state index is 13.1. The summed E-state index contributed by atoms with van der Waals surface area (Å²) in [6.07, 6.45) is 1.95. The van der Waals surface area contributed by atoms with E-state index in [2.05, 4.69) is 30.9 Å². The van der Waals surface area contributed by atoms with Crippen molar-refractivity contribution in [2.45, 2.75) is 52.1 Å². The summed E-state index contributed by atoms with van der Waals surface area (Å²) in [4.78, 5) is 19.0. The highest BCUT2D eigenvalue weighted by molar-refractivity contribution is 5.91. The van der Waals surface area contributed by atoms with Crippen LogP contribution in [0.3, 0.4) is 0 Å². The number of aromatic nitrogens is 3. The van der Waals surface area contributed by atoms with Crippen LogP contribution in [0.1, 0.15) is 50.1 Å². The molecular formula is C17H21FN4O. The van der Waals surface area contributed by atoms with Crippen molar-refractivity contribution in [3.05, 3.63) is 41.7 Å². The molecule has 0 bridgehead atoms. The lowest BCUT2D eigenvalue weighted by Gasteiger charge is -2.33. The predicted octanol–water partition coefficient (Wildman–Crippen LogP) is 3.12. The molecule has 0 N–H and O–H groups in total. The van der Waals surface area contributed by atoms with Crippen molar-refractivity contribution < 1.29 is 9.18 Å². The highest BCUT2D eigenvalue weighted by Crippen LogP contribution is 2.34. The summed E-state index contributed by atoms with van der Waals surface area (Å²) in [6, 6.07) is 6.14. The van der Waals surface area contributed by atoms with E-state index in [4.69, 9.17) is 0 Å². The van der Waals surface area contributed by atoms with Crippen molar-refractivity contribution in [3.63, 3.8) is 0 Å². The monoisotopic (exact) mass is 316 g/mol. The van der Waals surface area contributed by atoms with E-state index in [0.29, 0.717) is 11.5 Å². The molecule has 0 saturated carbocycles. The van der Waals surface area contributed by atoms with Gasteiger partial charge in [0.25, 0.3) is 5.91 Å². The van der Waals surface area contributed by atoms with E-state index in [0.717, 1.165) is 12.8 Å². The fourth-order valence-corrected chi connectivity index (χ4v) is 3.30. The third kappa shape index (κ3) is 2.73. The minimum atomic E-state index is -0.310. The van der Waals surface area contributed by atoms with Gasteiger partial charge in [-0.2, -0.15) is 0 Å². The van der Waals surface area contributed by atoms with Gasteiger partial charge in [0.05, 0.1) is 5.69 Å². The molecule has 1 atom stereocenters. The standard InChI is InChI=1S/C17H21FN4O/c1-11-9-10-17(3,4)21(11)16(23)15-19-12(2)22(20-15)14-7-5-13(18)6-8-14/h5-8,11H,9-10H2,1-4H3. The Hall–Kier alpha value is -2.24. The van der Waals surface area contributed by atoms with Gasteiger partial charge in [0.15, 0.2) is 0 Å². The molecule has 1 fully saturated rings. The molecule has 0 spiro atoms. The summed E-state index contributed by atoms with van der Waals surface area (Å²) in [5.74, 6) is 0.331. The van der Waals surface area contributed by atoms with Crippen LogP contribution in [0.2, 0.25) is 0 Å². The molecule has 1 unspecified atom stereocenters. The van der Waals surface area contributed by atoms with Gasteiger partial charge in [0, 0.05) is 11.6 Å². The molecule has 1 aromatic heterocycles. The second kappa shape index (κ2) is 5.44. The van der Waals surface area contributed by atoms with Gasteiger partial charge in [-0.05, 0) is 64.8 Å². The normalized spacial score (nSPS) is 20.0. The molecule has 122 valence electrons.